The van der Waals surface area contributed by atoms with Crippen molar-refractivity contribution in [3.8, 4) is 0 Å². The fourth-order valence-corrected chi connectivity index (χ4v) is 4.26. The summed E-state index contributed by atoms with van der Waals surface area (Å²) in [5.41, 5.74) is 7.03. The Morgan fingerprint density at radius 2 is 2.10 bits per heavy atom. The van der Waals surface area contributed by atoms with Crippen molar-refractivity contribution in [2.24, 2.45) is 11.7 Å². The van der Waals surface area contributed by atoms with Crippen molar-refractivity contribution in [3.05, 3.63) is 34.1 Å². The largest absolute Gasteiger partial charge is 0.329 e. The van der Waals surface area contributed by atoms with E-state index in [1.54, 1.807) is 12.1 Å². The first-order valence-corrected chi connectivity index (χ1v) is 8.40. The van der Waals surface area contributed by atoms with E-state index in [0.717, 1.165) is 18.0 Å². The summed E-state index contributed by atoms with van der Waals surface area (Å²) in [6.07, 6.45) is 6.60. The second-order valence-corrected chi connectivity index (χ2v) is 6.92. The van der Waals surface area contributed by atoms with Gasteiger partial charge in [0.2, 0.25) is 0 Å². The zero-order chi connectivity index (χ0) is 14.1. The molecule has 20 heavy (non-hydrogen) atoms. The summed E-state index contributed by atoms with van der Waals surface area (Å²) in [6.45, 7) is 1.67. The second-order valence-electron chi connectivity index (χ2n) is 6.06. The molecule has 3 rings (SSSR count). The van der Waals surface area contributed by atoms with Gasteiger partial charge in [-0.15, -0.1) is 0 Å². The van der Waals surface area contributed by atoms with Crippen LogP contribution in [0.5, 0.6) is 0 Å². The average Bonchev–Trinajstić information content (AvgIpc) is 2.88. The molecule has 1 heterocycles. The van der Waals surface area contributed by atoms with E-state index in [1.165, 1.54) is 32.1 Å². The number of benzene rings is 1. The topological polar surface area (TPSA) is 29.3 Å². The number of nitrogens with zero attached hydrogens (tertiary/aromatic N) is 1. The van der Waals surface area contributed by atoms with Crippen molar-refractivity contribution in [2.75, 3.05) is 13.1 Å². The summed E-state index contributed by atoms with van der Waals surface area (Å²) in [4.78, 5) is 2.53. The van der Waals surface area contributed by atoms with E-state index in [9.17, 15) is 4.39 Å². The van der Waals surface area contributed by atoms with Gasteiger partial charge in [-0.3, -0.25) is 4.90 Å². The van der Waals surface area contributed by atoms with E-state index >= 15 is 0 Å². The van der Waals surface area contributed by atoms with E-state index in [1.807, 2.05) is 6.07 Å². The van der Waals surface area contributed by atoms with Gasteiger partial charge in [-0.25, -0.2) is 4.39 Å². The second kappa shape index (κ2) is 6.12. The lowest BCUT2D eigenvalue weighted by molar-refractivity contribution is 0.135. The highest BCUT2D eigenvalue weighted by Crippen LogP contribution is 2.40. The van der Waals surface area contributed by atoms with Crippen molar-refractivity contribution in [1.82, 2.24) is 4.90 Å². The third kappa shape index (κ3) is 2.66. The molecule has 1 saturated heterocycles. The maximum Gasteiger partial charge on any atom is 0.137 e. The molecule has 1 aromatic carbocycles. The first-order valence-electron chi connectivity index (χ1n) is 7.61. The van der Waals surface area contributed by atoms with Gasteiger partial charge < -0.3 is 5.73 Å². The molecule has 4 heteroatoms. The van der Waals surface area contributed by atoms with Gasteiger partial charge in [0, 0.05) is 18.6 Å². The lowest BCUT2D eigenvalue weighted by Gasteiger charge is -2.37. The van der Waals surface area contributed by atoms with Crippen LogP contribution in [-0.4, -0.2) is 24.0 Å². The molecule has 1 aromatic rings. The zero-order valence-corrected chi connectivity index (χ0v) is 13.3. The number of halogens is 2. The standard InChI is InChI=1S/C16H22BrFN2/c17-13-6-5-12(9-14(13)18)16(10-19)20-8-7-11-3-1-2-4-15(11)20/h5-6,9,11,15-16H,1-4,7-8,10,19H2. The minimum absolute atomic E-state index is 0.158. The first kappa shape index (κ1) is 14.5. The zero-order valence-electron chi connectivity index (χ0n) is 11.7. The predicted octanol–water partition coefficient (Wildman–Crippen LogP) is 3.85. The van der Waals surface area contributed by atoms with Gasteiger partial charge in [0.05, 0.1) is 4.47 Å². The third-order valence-corrected chi connectivity index (χ3v) is 5.65. The van der Waals surface area contributed by atoms with Crippen LogP contribution in [0.3, 0.4) is 0 Å². The van der Waals surface area contributed by atoms with Crippen molar-refractivity contribution in [2.45, 2.75) is 44.2 Å². The molecule has 3 unspecified atom stereocenters. The molecule has 0 aromatic heterocycles. The van der Waals surface area contributed by atoms with Crippen molar-refractivity contribution in [1.29, 1.82) is 0 Å². The summed E-state index contributed by atoms with van der Waals surface area (Å²) in [6, 6.07) is 6.25. The van der Waals surface area contributed by atoms with Gasteiger partial charge in [-0.05, 0) is 65.4 Å². The Labute approximate surface area is 128 Å². The van der Waals surface area contributed by atoms with Crippen LogP contribution in [0.2, 0.25) is 0 Å². The number of nitrogens with two attached hydrogens (primary N) is 1. The van der Waals surface area contributed by atoms with E-state index in [2.05, 4.69) is 20.8 Å². The lowest BCUT2D eigenvalue weighted by atomic mass is 9.84. The Kier molecular flexibility index (Phi) is 4.43. The molecule has 1 saturated carbocycles. The molecule has 2 fully saturated rings. The Hall–Kier alpha value is -0.450. The molecule has 2 N–H and O–H groups in total. The Morgan fingerprint density at radius 1 is 1.30 bits per heavy atom. The monoisotopic (exact) mass is 340 g/mol. The van der Waals surface area contributed by atoms with Crippen molar-refractivity contribution >= 4 is 15.9 Å². The molecule has 110 valence electrons. The minimum Gasteiger partial charge on any atom is -0.329 e. The molecule has 0 amide bonds. The molecule has 2 nitrogen and oxygen atoms in total. The van der Waals surface area contributed by atoms with Gasteiger partial charge in [-0.2, -0.15) is 0 Å². The highest BCUT2D eigenvalue weighted by molar-refractivity contribution is 9.10. The minimum atomic E-state index is -0.194. The van der Waals surface area contributed by atoms with E-state index in [-0.39, 0.29) is 11.9 Å². The summed E-state index contributed by atoms with van der Waals surface area (Å²) in [5.74, 6) is 0.637. The number of hydrogen-bond donors (Lipinski definition) is 1. The smallest absolute Gasteiger partial charge is 0.137 e. The number of rotatable bonds is 3. The average molecular weight is 341 g/mol. The van der Waals surface area contributed by atoms with Crippen molar-refractivity contribution < 1.29 is 4.39 Å². The van der Waals surface area contributed by atoms with Crippen LogP contribution in [0.15, 0.2) is 22.7 Å². The number of likely N-dealkylation sites (tertiary alicyclic amines) is 1. The van der Waals surface area contributed by atoms with Gasteiger partial charge in [0.15, 0.2) is 0 Å². The van der Waals surface area contributed by atoms with Gasteiger partial charge >= 0.3 is 0 Å². The highest BCUT2D eigenvalue weighted by Gasteiger charge is 2.39. The van der Waals surface area contributed by atoms with Crippen LogP contribution in [0.1, 0.15) is 43.7 Å². The van der Waals surface area contributed by atoms with Gasteiger partial charge in [0.25, 0.3) is 0 Å². The molecular weight excluding hydrogens is 319 g/mol. The maximum absolute atomic E-state index is 13.8. The third-order valence-electron chi connectivity index (χ3n) is 5.01. The van der Waals surface area contributed by atoms with Crippen LogP contribution in [0.25, 0.3) is 0 Å². The van der Waals surface area contributed by atoms with E-state index in [0.29, 0.717) is 17.1 Å². The highest BCUT2D eigenvalue weighted by atomic mass is 79.9. The summed E-state index contributed by atoms with van der Waals surface area (Å²) < 4.78 is 14.3. The summed E-state index contributed by atoms with van der Waals surface area (Å²) in [5, 5.41) is 0. The van der Waals surface area contributed by atoms with Crippen LogP contribution in [0.4, 0.5) is 4.39 Å². The Balaban J connectivity index is 1.84. The molecule has 3 atom stereocenters. The summed E-state index contributed by atoms with van der Waals surface area (Å²) >= 11 is 3.22. The van der Waals surface area contributed by atoms with Crippen molar-refractivity contribution in [3.63, 3.8) is 0 Å². The molecule has 1 aliphatic carbocycles. The van der Waals surface area contributed by atoms with E-state index in [4.69, 9.17) is 5.73 Å². The van der Waals surface area contributed by atoms with Gasteiger partial charge in [0.1, 0.15) is 5.82 Å². The molecule has 0 bridgehead atoms. The molecule has 0 spiro atoms. The SMILES string of the molecule is NCC(c1ccc(Br)c(F)c1)N1CCC2CCCCC21. The fourth-order valence-electron chi connectivity index (χ4n) is 4.01. The fraction of sp³-hybridized carbons (Fsp3) is 0.625. The normalized spacial score (nSPS) is 28.4. The summed E-state index contributed by atoms with van der Waals surface area (Å²) in [7, 11) is 0. The Morgan fingerprint density at radius 3 is 2.85 bits per heavy atom. The van der Waals surface area contributed by atoms with Crippen LogP contribution >= 0.6 is 15.9 Å². The van der Waals surface area contributed by atoms with E-state index < -0.39 is 0 Å². The first-order chi connectivity index (χ1) is 9.70. The molecule has 1 aliphatic heterocycles. The number of hydrogen-bond acceptors (Lipinski definition) is 2. The maximum atomic E-state index is 13.8. The number of fused-ring (bicyclic) bond motifs is 1. The Bertz CT molecular complexity index is 480. The molecule has 0 radical (unpaired) electrons. The van der Waals surface area contributed by atoms with Crippen LogP contribution < -0.4 is 5.73 Å². The molecular formula is C16H22BrFN2. The van der Waals surface area contributed by atoms with Crippen LogP contribution in [-0.2, 0) is 0 Å². The molecule has 2 aliphatic rings. The quantitative estimate of drug-likeness (QED) is 0.905. The van der Waals surface area contributed by atoms with Crippen LogP contribution in [0, 0.1) is 11.7 Å². The van der Waals surface area contributed by atoms with Gasteiger partial charge in [-0.1, -0.05) is 18.9 Å². The predicted molar refractivity (Wildman–Crippen MR) is 83.0 cm³/mol. The lowest BCUT2D eigenvalue weighted by Crippen LogP contribution is -2.40.